The third kappa shape index (κ3) is 5.43. The second-order valence-electron chi connectivity index (χ2n) is 9.81. The molecule has 0 atom stereocenters. The van der Waals surface area contributed by atoms with E-state index in [1.807, 2.05) is 51.1 Å². The highest BCUT2D eigenvalue weighted by Gasteiger charge is 2.41. The van der Waals surface area contributed by atoms with Gasteiger partial charge in [0.05, 0.1) is 5.56 Å². The van der Waals surface area contributed by atoms with E-state index < -0.39 is 17.1 Å². The predicted octanol–water partition coefficient (Wildman–Crippen LogP) is 4.36. The molecule has 0 saturated carbocycles. The summed E-state index contributed by atoms with van der Waals surface area (Å²) in [7, 11) is 1.57. The lowest BCUT2D eigenvalue weighted by Crippen LogP contribution is -2.50. The Bertz CT molecular complexity index is 1130. The minimum Gasteiger partial charge on any atom is -0.482 e. The van der Waals surface area contributed by atoms with Crippen LogP contribution < -0.4 is 15.2 Å². The molecule has 2 aliphatic rings. The Hall–Kier alpha value is -3.52. The van der Waals surface area contributed by atoms with Crippen molar-refractivity contribution in [2.24, 2.45) is 5.73 Å². The fraction of sp³-hybridized carbons (Fsp3) is 0.407. The summed E-state index contributed by atoms with van der Waals surface area (Å²) in [5.74, 6) is 0.851. The van der Waals surface area contributed by atoms with Crippen LogP contribution in [0.25, 0.3) is 5.57 Å². The van der Waals surface area contributed by atoms with Gasteiger partial charge in [0.15, 0.2) is 6.79 Å². The molecule has 35 heavy (non-hydrogen) atoms. The first kappa shape index (κ1) is 24.6. The number of nitrogens with zero attached hydrogens (tertiary/aromatic N) is 1. The second kappa shape index (κ2) is 9.62. The van der Waals surface area contributed by atoms with Gasteiger partial charge in [0.25, 0.3) is 0 Å². The lowest BCUT2D eigenvalue weighted by atomic mass is 9.82. The lowest BCUT2D eigenvalue weighted by Gasteiger charge is -2.43. The van der Waals surface area contributed by atoms with Gasteiger partial charge in [0, 0.05) is 38.6 Å². The van der Waals surface area contributed by atoms with Crippen LogP contribution in [0.5, 0.6) is 11.5 Å². The lowest BCUT2D eigenvalue weighted by molar-refractivity contribution is -0.00137. The van der Waals surface area contributed by atoms with Crippen molar-refractivity contribution in [1.29, 1.82) is 0 Å². The average Bonchev–Trinajstić information content (AvgIpc) is 2.81. The maximum Gasteiger partial charge on any atom is 0.410 e. The highest BCUT2D eigenvalue weighted by molar-refractivity contribution is 5.94. The molecule has 2 aromatic carbocycles. The largest absolute Gasteiger partial charge is 0.482 e. The molecular formula is C27H32N2O6. The van der Waals surface area contributed by atoms with E-state index in [9.17, 15) is 9.59 Å². The molecule has 0 bridgehead atoms. The first-order chi connectivity index (χ1) is 16.6. The molecule has 2 amide bonds. The number of piperidine rings is 1. The number of ether oxygens (including phenoxy) is 4. The van der Waals surface area contributed by atoms with E-state index >= 15 is 0 Å². The molecule has 1 fully saturated rings. The van der Waals surface area contributed by atoms with Crippen LogP contribution in [0.3, 0.4) is 0 Å². The Labute approximate surface area is 205 Å². The molecule has 1 spiro atoms. The molecule has 0 radical (unpaired) electrons. The van der Waals surface area contributed by atoms with E-state index in [-0.39, 0.29) is 12.9 Å². The van der Waals surface area contributed by atoms with Crippen molar-refractivity contribution in [3.05, 3.63) is 65.2 Å². The number of hydrogen-bond acceptors (Lipinski definition) is 6. The van der Waals surface area contributed by atoms with Crippen molar-refractivity contribution in [2.75, 3.05) is 27.0 Å². The van der Waals surface area contributed by atoms with Gasteiger partial charge in [-0.3, -0.25) is 4.79 Å². The quantitative estimate of drug-likeness (QED) is 0.638. The van der Waals surface area contributed by atoms with Crippen LogP contribution in [-0.2, 0) is 9.47 Å². The molecule has 0 aliphatic carbocycles. The maximum atomic E-state index is 12.6. The fourth-order valence-electron chi connectivity index (χ4n) is 4.37. The number of amides is 2. The van der Waals surface area contributed by atoms with Gasteiger partial charge < -0.3 is 29.6 Å². The van der Waals surface area contributed by atoms with E-state index in [2.05, 4.69) is 6.08 Å². The minimum atomic E-state index is -0.594. The van der Waals surface area contributed by atoms with Crippen LogP contribution in [0.15, 0.2) is 48.5 Å². The summed E-state index contributed by atoms with van der Waals surface area (Å²) in [5, 5.41) is 0. The van der Waals surface area contributed by atoms with Crippen molar-refractivity contribution < 1.29 is 28.5 Å². The van der Waals surface area contributed by atoms with Crippen LogP contribution in [-0.4, -0.2) is 55.1 Å². The summed E-state index contributed by atoms with van der Waals surface area (Å²) in [6, 6.07) is 12.8. The van der Waals surface area contributed by atoms with Gasteiger partial charge >= 0.3 is 6.09 Å². The third-order valence-corrected chi connectivity index (χ3v) is 6.05. The number of primary amides is 1. The van der Waals surface area contributed by atoms with E-state index in [1.54, 1.807) is 24.1 Å². The molecule has 1 saturated heterocycles. The Balaban J connectivity index is 1.69. The predicted molar refractivity (Wildman–Crippen MR) is 131 cm³/mol. The SMILES string of the molecule is COCOc1cccc2c1C(c1ccc(C(N)=O)cc1)=CC1(CCN(C(=O)OC(C)(C)C)CC1)O2. The van der Waals surface area contributed by atoms with Crippen molar-refractivity contribution in [2.45, 2.75) is 44.8 Å². The van der Waals surface area contributed by atoms with Gasteiger partial charge in [-0.2, -0.15) is 0 Å². The summed E-state index contributed by atoms with van der Waals surface area (Å²) >= 11 is 0. The topological polar surface area (TPSA) is 100 Å². The number of carbonyl (C=O) groups excluding carboxylic acids is 2. The number of rotatable bonds is 5. The molecule has 2 N–H and O–H groups in total. The molecule has 0 aromatic heterocycles. The first-order valence-electron chi connectivity index (χ1n) is 11.7. The standard InChI is InChI=1S/C27H32N2O6/c1-26(2,3)35-25(31)29-14-12-27(13-15-29)16-20(18-8-10-19(11-9-18)24(28)30)23-21(33-17-32-4)6-5-7-22(23)34-27/h5-11,16H,12-15,17H2,1-4H3,(H2,28,30). The Kier molecular flexibility index (Phi) is 6.76. The van der Waals surface area contributed by atoms with E-state index in [0.29, 0.717) is 43.0 Å². The molecule has 2 heterocycles. The molecular weight excluding hydrogens is 448 g/mol. The van der Waals surface area contributed by atoms with Gasteiger partial charge in [-0.15, -0.1) is 0 Å². The van der Waals surface area contributed by atoms with Gasteiger partial charge in [-0.25, -0.2) is 4.79 Å². The summed E-state index contributed by atoms with van der Waals surface area (Å²) in [6.45, 7) is 6.70. The Morgan fingerprint density at radius 1 is 1.09 bits per heavy atom. The van der Waals surface area contributed by atoms with Gasteiger partial charge in [-0.05, 0) is 62.2 Å². The van der Waals surface area contributed by atoms with Crippen molar-refractivity contribution in [1.82, 2.24) is 4.90 Å². The Morgan fingerprint density at radius 2 is 1.77 bits per heavy atom. The van der Waals surface area contributed by atoms with Crippen LogP contribution in [0.4, 0.5) is 4.79 Å². The zero-order valence-electron chi connectivity index (χ0n) is 20.6. The van der Waals surface area contributed by atoms with E-state index in [1.165, 1.54) is 0 Å². The van der Waals surface area contributed by atoms with Gasteiger partial charge in [-0.1, -0.05) is 18.2 Å². The summed E-state index contributed by atoms with van der Waals surface area (Å²) < 4.78 is 23.1. The molecule has 2 aromatic rings. The summed E-state index contributed by atoms with van der Waals surface area (Å²) in [5.41, 5.74) is 7.38. The zero-order chi connectivity index (χ0) is 25.2. The molecule has 8 heteroatoms. The Morgan fingerprint density at radius 3 is 2.37 bits per heavy atom. The second-order valence-corrected chi connectivity index (χ2v) is 9.81. The minimum absolute atomic E-state index is 0.0976. The number of likely N-dealkylation sites (tertiary alicyclic amines) is 1. The number of methoxy groups -OCH3 is 1. The van der Waals surface area contributed by atoms with E-state index in [0.717, 1.165) is 16.7 Å². The van der Waals surface area contributed by atoms with Crippen LogP contribution in [0, 0.1) is 0 Å². The van der Waals surface area contributed by atoms with Gasteiger partial charge in [0.2, 0.25) is 5.91 Å². The third-order valence-electron chi connectivity index (χ3n) is 6.05. The van der Waals surface area contributed by atoms with Crippen LogP contribution in [0.2, 0.25) is 0 Å². The average molecular weight is 481 g/mol. The molecule has 8 nitrogen and oxygen atoms in total. The van der Waals surface area contributed by atoms with Crippen molar-refractivity contribution in [3.8, 4) is 11.5 Å². The molecule has 0 unspecified atom stereocenters. The van der Waals surface area contributed by atoms with Gasteiger partial charge in [0.1, 0.15) is 22.7 Å². The number of nitrogens with two attached hydrogens (primary N) is 1. The molecule has 2 aliphatic heterocycles. The number of hydrogen-bond donors (Lipinski definition) is 1. The number of benzene rings is 2. The number of fused-ring (bicyclic) bond motifs is 1. The normalized spacial score (nSPS) is 16.7. The monoisotopic (exact) mass is 480 g/mol. The summed E-state index contributed by atoms with van der Waals surface area (Å²) in [6.07, 6.45) is 3.01. The summed E-state index contributed by atoms with van der Waals surface area (Å²) in [4.78, 5) is 25.9. The van der Waals surface area contributed by atoms with Crippen LogP contribution >= 0.6 is 0 Å². The maximum absolute atomic E-state index is 12.6. The smallest absolute Gasteiger partial charge is 0.410 e. The highest BCUT2D eigenvalue weighted by atomic mass is 16.7. The highest BCUT2D eigenvalue weighted by Crippen LogP contribution is 2.47. The van der Waals surface area contributed by atoms with E-state index in [4.69, 9.17) is 24.7 Å². The van der Waals surface area contributed by atoms with Crippen molar-refractivity contribution in [3.63, 3.8) is 0 Å². The van der Waals surface area contributed by atoms with Crippen LogP contribution in [0.1, 0.15) is 55.1 Å². The first-order valence-corrected chi connectivity index (χ1v) is 11.7. The molecule has 4 rings (SSSR count). The fourth-order valence-corrected chi connectivity index (χ4v) is 4.37. The molecule has 186 valence electrons. The van der Waals surface area contributed by atoms with Crippen molar-refractivity contribution >= 4 is 17.6 Å². The number of carbonyl (C=O) groups is 2. The zero-order valence-corrected chi connectivity index (χ0v) is 20.6.